The van der Waals surface area contributed by atoms with E-state index in [-0.39, 0.29) is 0 Å². The normalized spacial score (nSPS) is 11.2. The fourth-order valence-corrected chi connectivity index (χ4v) is 1.76. The fourth-order valence-electron chi connectivity index (χ4n) is 1.76. The molecular formula is C11H15N3. The molecule has 3 nitrogen and oxygen atoms in total. The van der Waals surface area contributed by atoms with Crippen molar-refractivity contribution in [1.29, 1.82) is 0 Å². The first-order valence-corrected chi connectivity index (χ1v) is 4.82. The first-order chi connectivity index (χ1) is 6.52. The van der Waals surface area contributed by atoms with Crippen molar-refractivity contribution in [2.24, 2.45) is 0 Å². The zero-order valence-electron chi connectivity index (χ0n) is 9.34. The van der Waals surface area contributed by atoms with Gasteiger partial charge in [-0.15, -0.1) is 0 Å². The van der Waals surface area contributed by atoms with E-state index in [0.29, 0.717) is 0 Å². The predicted molar refractivity (Wildman–Crippen MR) is 56.7 cm³/mol. The van der Waals surface area contributed by atoms with Gasteiger partial charge in [-0.05, 0) is 51.3 Å². The number of aromatic nitrogens is 3. The van der Waals surface area contributed by atoms with Crippen LogP contribution in [0.1, 0.15) is 28.1 Å². The van der Waals surface area contributed by atoms with Crippen LogP contribution in [0.2, 0.25) is 0 Å². The summed E-state index contributed by atoms with van der Waals surface area (Å²) < 4.78 is 1.75. The summed E-state index contributed by atoms with van der Waals surface area (Å²) in [6, 6.07) is 0. The molecule has 0 spiro atoms. The molecule has 74 valence electrons. The van der Waals surface area contributed by atoms with Gasteiger partial charge in [0.1, 0.15) is 0 Å². The van der Waals surface area contributed by atoms with E-state index >= 15 is 0 Å². The van der Waals surface area contributed by atoms with Gasteiger partial charge in [0.15, 0.2) is 0 Å². The van der Waals surface area contributed by atoms with E-state index in [1.807, 2.05) is 13.8 Å². The molecule has 14 heavy (non-hydrogen) atoms. The molecule has 2 rings (SSSR count). The Hall–Kier alpha value is -1.38. The summed E-state index contributed by atoms with van der Waals surface area (Å²) in [4.78, 5) is 0. The Bertz CT molecular complexity index is 509. The lowest BCUT2D eigenvalue weighted by molar-refractivity contribution is 0.761. The average Bonchev–Trinajstić information content (AvgIpc) is 2.39. The number of hydrogen-bond donors (Lipinski definition) is 0. The minimum absolute atomic E-state index is 1.05. The van der Waals surface area contributed by atoms with Gasteiger partial charge in [-0.3, -0.25) is 0 Å². The second kappa shape index (κ2) is 2.80. The Morgan fingerprint density at radius 3 is 1.79 bits per heavy atom. The van der Waals surface area contributed by atoms with Gasteiger partial charge in [0.25, 0.3) is 0 Å². The summed E-state index contributed by atoms with van der Waals surface area (Å²) in [5, 5.41) is 8.80. The first kappa shape index (κ1) is 9.19. The number of aryl methyl sites for hydroxylation is 4. The standard InChI is InChI=1S/C11H15N3/c1-6-7(2)11-8(3)10(5)13-14(11)12-9(6)4/h1-5H3. The van der Waals surface area contributed by atoms with Gasteiger partial charge in [-0.25, -0.2) is 0 Å². The molecule has 0 amide bonds. The highest BCUT2D eigenvalue weighted by Gasteiger charge is 2.11. The molecule has 3 heteroatoms. The molecular weight excluding hydrogens is 174 g/mol. The largest absolute Gasteiger partial charge is 0.155 e. The van der Waals surface area contributed by atoms with Crippen LogP contribution in [0, 0.1) is 34.6 Å². The molecule has 0 atom stereocenters. The van der Waals surface area contributed by atoms with Crippen LogP contribution in [-0.2, 0) is 0 Å². The van der Waals surface area contributed by atoms with E-state index < -0.39 is 0 Å². The number of nitrogens with zero attached hydrogens (tertiary/aromatic N) is 3. The Kier molecular flexibility index (Phi) is 1.84. The topological polar surface area (TPSA) is 30.2 Å². The van der Waals surface area contributed by atoms with Crippen LogP contribution < -0.4 is 0 Å². The molecule has 2 aromatic rings. The number of rotatable bonds is 0. The van der Waals surface area contributed by atoms with Crippen molar-refractivity contribution in [1.82, 2.24) is 14.8 Å². The Balaban J connectivity index is 2.99. The van der Waals surface area contributed by atoms with Crippen LogP contribution >= 0.6 is 0 Å². The van der Waals surface area contributed by atoms with Crippen molar-refractivity contribution in [3.8, 4) is 0 Å². The van der Waals surface area contributed by atoms with Gasteiger partial charge in [0, 0.05) is 0 Å². The molecule has 0 aliphatic heterocycles. The predicted octanol–water partition coefficient (Wildman–Crippen LogP) is 2.27. The molecule has 0 saturated carbocycles. The van der Waals surface area contributed by atoms with Gasteiger partial charge < -0.3 is 0 Å². The fraction of sp³-hybridized carbons (Fsp3) is 0.455. The van der Waals surface area contributed by atoms with Crippen molar-refractivity contribution in [3.63, 3.8) is 0 Å². The van der Waals surface area contributed by atoms with Gasteiger partial charge in [-0.2, -0.15) is 14.8 Å². The second-order valence-corrected chi connectivity index (χ2v) is 3.88. The maximum atomic E-state index is 4.42. The summed E-state index contributed by atoms with van der Waals surface area (Å²) in [6.07, 6.45) is 0. The first-order valence-electron chi connectivity index (χ1n) is 4.82. The lowest BCUT2D eigenvalue weighted by atomic mass is 10.1. The van der Waals surface area contributed by atoms with Gasteiger partial charge in [0.05, 0.1) is 16.9 Å². The molecule has 0 bridgehead atoms. The highest BCUT2D eigenvalue weighted by atomic mass is 15.4. The lowest BCUT2D eigenvalue weighted by Crippen LogP contribution is -2.02. The molecule has 0 fully saturated rings. The van der Waals surface area contributed by atoms with Gasteiger partial charge in [0.2, 0.25) is 0 Å². The van der Waals surface area contributed by atoms with E-state index in [2.05, 4.69) is 31.0 Å². The van der Waals surface area contributed by atoms with E-state index in [1.54, 1.807) is 4.63 Å². The summed E-state index contributed by atoms with van der Waals surface area (Å²) >= 11 is 0. The third kappa shape index (κ3) is 1.05. The molecule has 0 unspecified atom stereocenters. The minimum atomic E-state index is 1.05. The third-order valence-corrected chi connectivity index (χ3v) is 3.05. The maximum Gasteiger partial charge on any atom is 0.0937 e. The Morgan fingerprint density at radius 1 is 0.714 bits per heavy atom. The van der Waals surface area contributed by atoms with Crippen LogP contribution in [0.15, 0.2) is 0 Å². The van der Waals surface area contributed by atoms with E-state index in [9.17, 15) is 0 Å². The maximum absolute atomic E-state index is 4.42. The monoisotopic (exact) mass is 189 g/mol. The SMILES string of the molecule is Cc1nn2nc(C)c(C)c2c(C)c1C. The van der Waals surface area contributed by atoms with Crippen LogP contribution in [0.5, 0.6) is 0 Å². The third-order valence-electron chi connectivity index (χ3n) is 3.05. The molecule has 2 aromatic heterocycles. The molecule has 0 saturated heterocycles. The van der Waals surface area contributed by atoms with E-state index in [4.69, 9.17) is 0 Å². The molecule has 0 aliphatic carbocycles. The quantitative estimate of drug-likeness (QED) is 0.636. The minimum Gasteiger partial charge on any atom is -0.155 e. The summed E-state index contributed by atoms with van der Waals surface area (Å²) in [7, 11) is 0. The zero-order valence-corrected chi connectivity index (χ0v) is 9.34. The summed E-state index contributed by atoms with van der Waals surface area (Å²) in [6.45, 7) is 10.4. The molecule has 0 N–H and O–H groups in total. The van der Waals surface area contributed by atoms with Crippen LogP contribution in [0.3, 0.4) is 0 Å². The Morgan fingerprint density at radius 2 is 1.21 bits per heavy atom. The van der Waals surface area contributed by atoms with Gasteiger partial charge >= 0.3 is 0 Å². The molecule has 0 aromatic carbocycles. The number of hydrogen-bond acceptors (Lipinski definition) is 2. The van der Waals surface area contributed by atoms with Crippen molar-refractivity contribution in [3.05, 3.63) is 28.1 Å². The lowest BCUT2D eigenvalue weighted by Gasteiger charge is -2.05. The van der Waals surface area contributed by atoms with Crippen molar-refractivity contribution >= 4 is 5.52 Å². The highest BCUT2D eigenvalue weighted by molar-refractivity contribution is 5.63. The average molecular weight is 189 g/mol. The smallest absolute Gasteiger partial charge is 0.0937 e. The van der Waals surface area contributed by atoms with Crippen LogP contribution in [0.25, 0.3) is 5.52 Å². The van der Waals surface area contributed by atoms with Crippen LogP contribution in [-0.4, -0.2) is 14.8 Å². The zero-order chi connectivity index (χ0) is 10.5. The van der Waals surface area contributed by atoms with Crippen molar-refractivity contribution in [2.75, 3.05) is 0 Å². The van der Waals surface area contributed by atoms with Crippen molar-refractivity contribution in [2.45, 2.75) is 34.6 Å². The summed E-state index contributed by atoms with van der Waals surface area (Å²) in [5.74, 6) is 0. The Labute approximate surface area is 83.8 Å². The summed E-state index contributed by atoms with van der Waals surface area (Å²) in [5.41, 5.74) is 7.06. The molecule has 2 heterocycles. The molecule has 0 aliphatic rings. The van der Waals surface area contributed by atoms with Crippen molar-refractivity contribution < 1.29 is 0 Å². The molecule has 0 radical (unpaired) electrons. The highest BCUT2D eigenvalue weighted by Crippen LogP contribution is 2.20. The second-order valence-electron chi connectivity index (χ2n) is 3.88. The van der Waals surface area contributed by atoms with E-state index in [0.717, 1.165) is 16.9 Å². The number of fused-ring (bicyclic) bond motifs is 1. The van der Waals surface area contributed by atoms with Gasteiger partial charge in [-0.1, -0.05) is 0 Å². The van der Waals surface area contributed by atoms with E-state index in [1.165, 1.54) is 16.7 Å². The van der Waals surface area contributed by atoms with Crippen LogP contribution in [0.4, 0.5) is 0 Å².